The Labute approximate surface area is 213 Å². The van der Waals surface area contributed by atoms with Crippen LogP contribution in [0, 0.1) is 0 Å². The van der Waals surface area contributed by atoms with Crippen LogP contribution >= 0.6 is 0 Å². The molecule has 0 unspecified atom stereocenters. The van der Waals surface area contributed by atoms with Gasteiger partial charge in [-0.1, -0.05) is 13.3 Å². The number of carbonyl (C=O) groups is 1. The summed E-state index contributed by atoms with van der Waals surface area (Å²) in [5.41, 5.74) is 4.03. The number of rotatable bonds is 9. The van der Waals surface area contributed by atoms with E-state index in [1.165, 1.54) is 4.40 Å². The molecule has 1 N–H and O–H groups in total. The topological polar surface area (TPSA) is 98.2 Å². The van der Waals surface area contributed by atoms with Crippen LogP contribution in [-0.2, 0) is 11.3 Å². The van der Waals surface area contributed by atoms with Crippen molar-refractivity contribution in [2.75, 3.05) is 30.9 Å². The van der Waals surface area contributed by atoms with Gasteiger partial charge in [0, 0.05) is 43.4 Å². The lowest BCUT2D eigenvalue weighted by atomic mass is 10.1. The number of nitrogens with one attached hydrogen (secondary N) is 1. The third-order valence-corrected chi connectivity index (χ3v) is 6.07. The van der Waals surface area contributed by atoms with Crippen molar-refractivity contribution in [3.63, 3.8) is 0 Å². The summed E-state index contributed by atoms with van der Waals surface area (Å²) in [4.78, 5) is 27.5. The Morgan fingerprint density at radius 2 is 1.78 bits per heavy atom. The average Bonchev–Trinajstić information content (AvgIpc) is 3.46. The van der Waals surface area contributed by atoms with Gasteiger partial charge in [-0.3, -0.25) is 4.79 Å². The fraction of sp³-hybridized carbons (Fsp3) is 0.259. The molecule has 190 valence electrons. The standard InChI is InChI=1S/C27H29N7O3/c1-4-5-16-37-22-12-6-19(7-13-22)23-17-24-26-30-34(27(36)32(26)14-15-33(24)29-23)18-25(35)28-20-8-10-21(11-9-20)31(2)3/h6-15,17H,4-5,16,18H2,1-3H3,(H,28,35). The van der Waals surface area contributed by atoms with Crippen LogP contribution in [-0.4, -0.2) is 50.4 Å². The van der Waals surface area contributed by atoms with E-state index in [9.17, 15) is 9.59 Å². The second-order valence-electron chi connectivity index (χ2n) is 9.01. The molecule has 0 aliphatic rings. The highest BCUT2D eigenvalue weighted by molar-refractivity contribution is 5.90. The first-order valence-electron chi connectivity index (χ1n) is 12.2. The van der Waals surface area contributed by atoms with E-state index in [0.29, 0.717) is 23.5 Å². The van der Waals surface area contributed by atoms with Crippen molar-refractivity contribution in [3.05, 3.63) is 77.5 Å². The first-order valence-corrected chi connectivity index (χ1v) is 12.2. The zero-order chi connectivity index (χ0) is 25.9. The van der Waals surface area contributed by atoms with E-state index in [2.05, 4.69) is 22.4 Å². The number of hydrogen-bond donors (Lipinski definition) is 1. The van der Waals surface area contributed by atoms with Crippen LogP contribution < -0.4 is 20.6 Å². The second-order valence-corrected chi connectivity index (χ2v) is 9.01. The van der Waals surface area contributed by atoms with Gasteiger partial charge in [0.05, 0.1) is 12.3 Å². The molecule has 0 radical (unpaired) electrons. The molecule has 10 heteroatoms. The van der Waals surface area contributed by atoms with Crippen molar-refractivity contribution in [1.82, 2.24) is 23.8 Å². The number of benzene rings is 2. The molecule has 5 aromatic rings. The van der Waals surface area contributed by atoms with E-state index in [-0.39, 0.29) is 12.5 Å². The number of hydrogen-bond acceptors (Lipinski definition) is 6. The number of unbranched alkanes of at least 4 members (excludes halogenated alkanes) is 1. The van der Waals surface area contributed by atoms with E-state index in [1.54, 1.807) is 16.9 Å². The minimum absolute atomic E-state index is 0.206. The molecular formula is C27H29N7O3. The molecule has 5 rings (SSSR count). The number of ether oxygens (including phenoxy) is 1. The highest BCUT2D eigenvalue weighted by atomic mass is 16.5. The largest absolute Gasteiger partial charge is 0.494 e. The van der Waals surface area contributed by atoms with E-state index in [0.717, 1.165) is 40.2 Å². The molecule has 10 nitrogen and oxygen atoms in total. The highest BCUT2D eigenvalue weighted by Gasteiger charge is 2.15. The van der Waals surface area contributed by atoms with E-state index in [1.807, 2.05) is 73.6 Å². The van der Waals surface area contributed by atoms with Crippen molar-refractivity contribution in [2.45, 2.75) is 26.3 Å². The van der Waals surface area contributed by atoms with Crippen LogP contribution in [0.1, 0.15) is 19.8 Å². The van der Waals surface area contributed by atoms with Crippen LogP contribution in [0.25, 0.3) is 22.4 Å². The molecule has 0 atom stereocenters. The number of anilines is 2. The van der Waals surface area contributed by atoms with Crippen LogP contribution in [0.4, 0.5) is 11.4 Å². The maximum atomic E-state index is 12.9. The predicted molar refractivity (Wildman–Crippen MR) is 143 cm³/mol. The number of amides is 1. The van der Waals surface area contributed by atoms with Gasteiger partial charge < -0.3 is 15.0 Å². The molecule has 0 saturated heterocycles. The molecule has 0 bridgehead atoms. The lowest BCUT2D eigenvalue weighted by Gasteiger charge is -2.13. The van der Waals surface area contributed by atoms with Gasteiger partial charge >= 0.3 is 5.69 Å². The smallest absolute Gasteiger partial charge is 0.350 e. The summed E-state index contributed by atoms with van der Waals surface area (Å²) in [6.45, 7) is 2.62. The van der Waals surface area contributed by atoms with Crippen LogP contribution in [0.5, 0.6) is 5.75 Å². The molecule has 0 saturated carbocycles. The molecular weight excluding hydrogens is 470 g/mol. The molecule has 0 fully saturated rings. The Morgan fingerprint density at radius 1 is 1.03 bits per heavy atom. The number of carbonyl (C=O) groups excluding carboxylic acids is 1. The van der Waals surface area contributed by atoms with Gasteiger partial charge in [0.2, 0.25) is 5.91 Å². The summed E-state index contributed by atoms with van der Waals surface area (Å²) in [7, 11) is 3.90. The molecule has 3 aromatic heterocycles. The quantitative estimate of drug-likeness (QED) is 0.311. The van der Waals surface area contributed by atoms with E-state index >= 15 is 0 Å². The van der Waals surface area contributed by atoms with Gasteiger partial charge in [0.15, 0.2) is 5.65 Å². The van der Waals surface area contributed by atoms with Crippen molar-refractivity contribution in [2.24, 2.45) is 0 Å². The van der Waals surface area contributed by atoms with Gasteiger partial charge in [-0.15, -0.1) is 5.10 Å². The van der Waals surface area contributed by atoms with E-state index in [4.69, 9.17) is 4.74 Å². The van der Waals surface area contributed by atoms with Crippen LogP contribution in [0.2, 0.25) is 0 Å². The number of fused-ring (bicyclic) bond motifs is 3. The zero-order valence-electron chi connectivity index (χ0n) is 21.1. The van der Waals surface area contributed by atoms with Crippen molar-refractivity contribution in [3.8, 4) is 17.0 Å². The van der Waals surface area contributed by atoms with Gasteiger partial charge in [-0.25, -0.2) is 18.4 Å². The number of aromatic nitrogens is 5. The third-order valence-electron chi connectivity index (χ3n) is 6.07. The summed E-state index contributed by atoms with van der Waals surface area (Å²) in [5.74, 6) is 0.482. The van der Waals surface area contributed by atoms with Crippen molar-refractivity contribution >= 4 is 28.4 Å². The highest BCUT2D eigenvalue weighted by Crippen LogP contribution is 2.24. The normalized spacial score (nSPS) is 11.2. The Hall–Kier alpha value is -4.60. The van der Waals surface area contributed by atoms with E-state index < -0.39 is 5.69 Å². The Balaban J connectivity index is 1.36. The Bertz CT molecular complexity index is 1600. The molecule has 3 heterocycles. The monoisotopic (exact) mass is 499 g/mol. The molecule has 0 aliphatic carbocycles. The fourth-order valence-electron chi connectivity index (χ4n) is 4.01. The lowest BCUT2D eigenvalue weighted by Crippen LogP contribution is -2.28. The summed E-state index contributed by atoms with van der Waals surface area (Å²) >= 11 is 0. The fourth-order valence-corrected chi connectivity index (χ4v) is 4.01. The maximum Gasteiger partial charge on any atom is 0.350 e. The minimum atomic E-state index is -0.396. The summed E-state index contributed by atoms with van der Waals surface area (Å²) < 4.78 is 10.0. The summed E-state index contributed by atoms with van der Waals surface area (Å²) in [6.07, 6.45) is 5.41. The number of nitrogens with zero attached hydrogens (tertiary/aromatic N) is 6. The van der Waals surface area contributed by atoms with Crippen LogP contribution in [0.15, 0.2) is 71.8 Å². The molecule has 0 spiro atoms. The molecule has 37 heavy (non-hydrogen) atoms. The second kappa shape index (κ2) is 10.2. The van der Waals surface area contributed by atoms with Gasteiger partial charge in [-0.2, -0.15) is 5.10 Å². The Kier molecular flexibility index (Phi) is 6.63. The predicted octanol–water partition coefficient (Wildman–Crippen LogP) is 3.69. The first-order chi connectivity index (χ1) is 17.9. The summed E-state index contributed by atoms with van der Waals surface area (Å²) in [5, 5.41) is 11.9. The maximum absolute atomic E-state index is 12.9. The summed E-state index contributed by atoms with van der Waals surface area (Å²) in [6, 6.07) is 17.1. The SMILES string of the molecule is CCCCOc1ccc(-c2cc3c4nn(CC(=O)Nc5ccc(N(C)C)cc5)c(=O)n4ccn3n2)cc1. The van der Waals surface area contributed by atoms with Crippen LogP contribution in [0.3, 0.4) is 0 Å². The van der Waals surface area contributed by atoms with Gasteiger partial charge in [-0.05, 0) is 61.0 Å². The Morgan fingerprint density at radius 3 is 2.49 bits per heavy atom. The van der Waals surface area contributed by atoms with Gasteiger partial charge in [0.1, 0.15) is 17.8 Å². The average molecular weight is 500 g/mol. The lowest BCUT2D eigenvalue weighted by molar-refractivity contribution is -0.117. The molecule has 1 amide bonds. The first kappa shape index (κ1) is 24.1. The third kappa shape index (κ3) is 5.04. The van der Waals surface area contributed by atoms with Gasteiger partial charge in [0.25, 0.3) is 0 Å². The zero-order valence-corrected chi connectivity index (χ0v) is 21.1. The molecule has 0 aliphatic heterocycles. The molecule has 2 aromatic carbocycles. The van der Waals surface area contributed by atoms with Crippen molar-refractivity contribution in [1.29, 1.82) is 0 Å². The minimum Gasteiger partial charge on any atom is -0.494 e. The van der Waals surface area contributed by atoms with Crippen molar-refractivity contribution < 1.29 is 9.53 Å².